The predicted octanol–water partition coefficient (Wildman–Crippen LogP) is 6.33. The quantitative estimate of drug-likeness (QED) is 0.0949. The summed E-state index contributed by atoms with van der Waals surface area (Å²) >= 11 is 0. The monoisotopic (exact) mass is 882 g/mol. The minimum Gasteiger partial charge on any atom is -0.404 e. The van der Waals surface area contributed by atoms with Crippen molar-refractivity contribution in [2.45, 2.75) is 151 Å². The molecule has 16 heteroatoms. The highest BCUT2D eigenvalue weighted by atomic mass is 31.2. The van der Waals surface area contributed by atoms with Crippen LogP contribution in [0.15, 0.2) is 24.3 Å². The number of likely N-dealkylation sites (tertiary alicyclic amines) is 1. The van der Waals surface area contributed by atoms with E-state index in [1.807, 2.05) is 79.5 Å². The molecule has 2 rings (SSSR count). The predicted molar refractivity (Wildman–Crippen MR) is 239 cm³/mol. The molecule has 0 radical (unpaired) electrons. The van der Waals surface area contributed by atoms with Crippen molar-refractivity contribution in [1.29, 1.82) is 0 Å². The number of likely N-dealkylation sites (N-methyl/N-ethyl adjacent to an activating group) is 2. The molecule has 15 nitrogen and oxygen atoms in total. The molecule has 0 spiro atoms. The van der Waals surface area contributed by atoms with Gasteiger partial charge in [-0.25, -0.2) is 4.57 Å². The molecule has 0 bridgehead atoms. The molecule has 4 amide bonds. The lowest BCUT2D eigenvalue weighted by atomic mass is 9.89. The number of amides is 4. The fourth-order valence-corrected chi connectivity index (χ4v) is 9.60. The first-order valence-corrected chi connectivity index (χ1v) is 23.8. The number of ether oxygens (including phenoxy) is 2. The third kappa shape index (κ3) is 15.0. The van der Waals surface area contributed by atoms with Gasteiger partial charge in [0.25, 0.3) is 0 Å². The van der Waals surface area contributed by atoms with E-state index in [9.17, 15) is 23.7 Å². The van der Waals surface area contributed by atoms with Crippen LogP contribution >= 0.6 is 7.82 Å². The van der Waals surface area contributed by atoms with Gasteiger partial charge >= 0.3 is 7.82 Å². The molecule has 0 saturated carbocycles. The highest BCUT2D eigenvalue weighted by molar-refractivity contribution is 7.48. The van der Waals surface area contributed by atoms with Gasteiger partial charge in [-0.15, -0.1) is 0 Å². The van der Waals surface area contributed by atoms with Gasteiger partial charge in [0.1, 0.15) is 11.8 Å². The average molecular weight is 882 g/mol. The zero-order valence-corrected chi connectivity index (χ0v) is 40.8. The van der Waals surface area contributed by atoms with Gasteiger partial charge in [0.05, 0.1) is 55.9 Å². The fourth-order valence-electron chi connectivity index (χ4n) is 8.36. The Balaban J connectivity index is 2.22. The number of hydrogen-bond donors (Lipinski definition) is 2. The van der Waals surface area contributed by atoms with E-state index in [4.69, 9.17) is 23.0 Å². The first-order chi connectivity index (χ1) is 28.7. The van der Waals surface area contributed by atoms with Crippen LogP contribution in [0, 0.1) is 23.7 Å². The van der Waals surface area contributed by atoms with Crippen molar-refractivity contribution in [3.63, 3.8) is 0 Å². The fraction of sp³-hybridized carbons (Fsp3) is 0.778. The highest BCUT2D eigenvalue weighted by Gasteiger charge is 2.43. The molecule has 8 atom stereocenters. The van der Waals surface area contributed by atoms with Crippen molar-refractivity contribution in [2.24, 2.45) is 23.7 Å². The molecule has 0 aliphatic carbocycles. The second kappa shape index (κ2) is 25.9. The lowest BCUT2D eigenvalue weighted by molar-refractivity contribution is -0.148. The molecule has 1 aromatic carbocycles. The van der Waals surface area contributed by atoms with Crippen molar-refractivity contribution in [3.05, 3.63) is 29.8 Å². The van der Waals surface area contributed by atoms with Gasteiger partial charge < -0.3 is 34.4 Å². The number of nitrogens with zero attached hydrogens (tertiary/aromatic N) is 3. The summed E-state index contributed by atoms with van der Waals surface area (Å²) in [5.41, 5.74) is 0.723. The Kier molecular flexibility index (Phi) is 23.0. The third-order valence-electron chi connectivity index (χ3n) is 12.1. The van der Waals surface area contributed by atoms with Gasteiger partial charge in [-0.2, -0.15) is 0 Å². The molecule has 1 aromatic rings. The Morgan fingerprint density at radius 3 is 2.03 bits per heavy atom. The van der Waals surface area contributed by atoms with Crippen LogP contribution in [0.1, 0.15) is 107 Å². The maximum atomic E-state index is 14.4. The van der Waals surface area contributed by atoms with E-state index in [0.29, 0.717) is 25.1 Å². The van der Waals surface area contributed by atoms with Gasteiger partial charge in [0.2, 0.25) is 23.6 Å². The smallest absolute Gasteiger partial charge is 0.404 e. The Bertz CT molecular complexity index is 1570. The Hall–Kier alpha value is -3.07. The minimum atomic E-state index is -3.81. The molecule has 1 saturated heterocycles. The van der Waals surface area contributed by atoms with Crippen LogP contribution in [0.3, 0.4) is 0 Å². The van der Waals surface area contributed by atoms with E-state index in [1.54, 1.807) is 64.0 Å². The minimum absolute atomic E-state index is 0.0188. The molecular formula is C45H80N5O10P. The summed E-state index contributed by atoms with van der Waals surface area (Å²) in [6.07, 6.45) is 1.33. The average Bonchev–Trinajstić information content (AvgIpc) is 3.69. The molecule has 0 aromatic heterocycles. The normalized spacial score (nSPS) is 18.1. The highest BCUT2D eigenvalue weighted by Crippen LogP contribution is 2.50. The molecular weight excluding hydrogens is 801 g/mol. The summed E-state index contributed by atoms with van der Waals surface area (Å²) in [7, 11) is 2.98. The first kappa shape index (κ1) is 54.1. The van der Waals surface area contributed by atoms with Crippen molar-refractivity contribution >= 4 is 31.5 Å². The zero-order chi connectivity index (χ0) is 46.2. The molecule has 350 valence electrons. The Morgan fingerprint density at radius 1 is 0.885 bits per heavy atom. The van der Waals surface area contributed by atoms with Crippen LogP contribution in [0.2, 0.25) is 0 Å². The first-order valence-electron chi connectivity index (χ1n) is 22.3. The van der Waals surface area contributed by atoms with Crippen molar-refractivity contribution < 1.29 is 46.8 Å². The number of para-hydroxylation sites is 1. The number of methoxy groups -OCH3 is 2. The van der Waals surface area contributed by atoms with E-state index >= 15 is 0 Å². The summed E-state index contributed by atoms with van der Waals surface area (Å²) < 4.78 is 41.4. The van der Waals surface area contributed by atoms with Gasteiger partial charge in [-0.3, -0.25) is 33.1 Å². The molecule has 1 heterocycles. The summed E-state index contributed by atoms with van der Waals surface area (Å²) in [6, 6.07) is 5.24. The second-order valence-corrected chi connectivity index (χ2v) is 18.9. The lowest BCUT2D eigenvalue weighted by Crippen LogP contribution is -2.60. The number of carbonyl (C=O) groups excluding carboxylic acids is 4. The maximum absolute atomic E-state index is 14.4. The molecule has 2 N–H and O–H groups in total. The standard InChI is InChI=1S/C45H80N5O10P/c1-16-32(10)41(49(13)45(54)39(29(4)5)47-44(53)40(30(6)7)48(12)31(8)9)37(56-14)28-38(51)50-27-21-23-35(50)42(57-15)33(11)43(52)46-26-25-34-22-19-20-24-36(34)60-61(55,58-17-2)59-18-3/h19-20,22,24,29-33,35,37,39-42H,16-18,21,23,25-28H2,1-15H3,(H,46,52)(H,47,53)/t32-,33+,35-,37+,39-,40-,41-,42+/m0/s1. The lowest BCUT2D eigenvalue weighted by Gasteiger charge is -2.41. The Morgan fingerprint density at radius 2 is 1.51 bits per heavy atom. The number of phosphoric ester groups is 1. The van der Waals surface area contributed by atoms with Crippen LogP contribution in [0.4, 0.5) is 0 Å². The van der Waals surface area contributed by atoms with Gasteiger partial charge in [-0.1, -0.05) is 73.1 Å². The van der Waals surface area contributed by atoms with E-state index in [1.165, 1.54) is 0 Å². The number of carbonyl (C=O) groups is 4. The number of rotatable bonds is 27. The largest absolute Gasteiger partial charge is 0.530 e. The van der Waals surface area contributed by atoms with Gasteiger partial charge in [-0.05, 0) is 83.4 Å². The van der Waals surface area contributed by atoms with Crippen molar-refractivity contribution in [1.82, 2.24) is 25.3 Å². The number of benzene rings is 1. The molecule has 61 heavy (non-hydrogen) atoms. The third-order valence-corrected chi connectivity index (χ3v) is 13.7. The summed E-state index contributed by atoms with van der Waals surface area (Å²) in [6.45, 7) is 22.3. The van der Waals surface area contributed by atoms with Gasteiger partial charge in [0, 0.05) is 40.4 Å². The second-order valence-electron chi connectivity index (χ2n) is 17.3. The molecule has 1 aliphatic rings. The van der Waals surface area contributed by atoms with Gasteiger partial charge in [0.15, 0.2) is 0 Å². The van der Waals surface area contributed by atoms with E-state index in [2.05, 4.69) is 10.6 Å². The molecule has 1 aliphatic heterocycles. The van der Waals surface area contributed by atoms with Crippen molar-refractivity contribution in [3.8, 4) is 5.75 Å². The zero-order valence-electron chi connectivity index (χ0n) is 39.9. The van der Waals surface area contributed by atoms with E-state index in [-0.39, 0.29) is 79.6 Å². The summed E-state index contributed by atoms with van der Waals surface area (Å²) in [4.78, 5) is 61.6. The SMILES string of the molecule is CCOP(=O)(OCC)Oc1ccccc1CCNC(=O)[C@H](C)[C@@H](OC)[C@@H]1CCCN1C(=O)C[C@@H](OC)[C@H]([C@@H](C)CC)N(C)C(=O)[C@@H](NC(=O)[C@H](C(C)C)N(C)C(C)C)C(C)C. The number of phosphoric acid groups is 1. The van der Waals surface area contributed by atoms with E-state index in [0.717, 1.165) is 18.4 Å². The van der Waals surface area contributed by atoms with Crippen LogP contribution in [-0.2, 0) is 48.7 Å². The Labute approximate surface area is 367 Å². The number of nitrogens with one attached hydrogen (secondary N) is 2. The van der Waals surface area contributed by atoms with Crippen molar-refractivity contribution in [2.75, 3.05) is 54.6 Å². The topological polar surface area (TPSA) is 165 Å². The number of hydrogen-bond acceptors (Lipinski definition) is 11. The van der Waals surface area contributed by atoms with Crippen LogP contribution in [-0.4, -0.2) is 135 Å². The van der Waals surface area contributed by atoms with Crippen LogP contribution < -0.4 is 15.2 Å². The van der Waals surface area contributed by atoms with Crippen LogP contribution in [0.5, 0.6) is 5.75 Å². The van der Waals surface area contributed by atoms with Crippen LogP contribution in [0.25, 0.3) is 0 Å². The summed E-state index contributed by atoms with van der Waals surface area (Å²) in [5, 5.41) is 6.10. The maximum Gasteiger partial charge on any atom is 0.530 e. The summed E-state index contributed by atoms with van der Waals surface area (Å²) in [5.74, 6) is -1.24. The molecule has 1 fully saturated rings. The molecule has 0 unspecified atom stereocenters. The van der Waals surface area contributed by atoms with E-state index < -0.39 is 44.1 Å².